The van der Waals surface area contributed by atoms with Gasteiger partial charge < -0.3 is 19.6 Å². The van der Waals surface area contributed by atoms with Gasteiger partial charge in [0.05, 0.1) is 0 Å². The topological polar surface area (TPSA) is 119 Å². The second kappa shape index (κ2) is 5.13. The Morgan fingerprint density at radius 3 is 1.78 bits per heavy atom. The summed E-state index contributed by atoms with van der Waals surface area (Å²) in [7, 11) is -10.2. The highest BCUT2D eigenvalue weighted by Crippen LogP contribution is 2.59. The number of nitrogens with zero attached hydrogens (tertiary/aromatic N) is 1. The molecule has 4 N–H and O–H groups in total. The normalized spacial score (nSPS) is 13.1. The largest absolute Gasteiger partial charge is 0.347 e. The van der Waals surface area contributed by atoms with Gasteiger partial charge in [-0.2, -0.15) is 4.57 Å². The smallest absolute Gasteiger partial charge is 0.324 e. The molecule has 0 atom stereocenters. The van der Waals surface area contributed by atoms with E-state index in [0.29, 0.717) is 23.0 Å². The van der Waals surface area contributed by atoms with E-state index in [1.807, 2.05) is 0 Å². The molecule has 0 bridgehead atoms. The summed E-state index contributed by atoms with van der Waals surface area (Å²) >= 11 is 0. The van der Waals surface area contributed by atoms with Gasteiger partial charge in [-0.1, -0.05) is 0 Å². The van der Waals surface area contributed by atoms with Crippen LogP contribution in [0.2, 0.25) is 0 Å². The SMILES string of the molecule is O=P(O)(O)C(C[n+]1cc(F)cc(F)c1)P(=O)(O)O. The molecule has 0 fully saturated rings. The third-order valence-electron chi connectivity index (χ3n) is 2.00. The van der Waals surface area contributed by atoms with Gasteiger partial charge >= 0.3 is 15.2 Å². The van der Waals surface area contributed by atoms with Crippen LogP contribution in [-0.2, 0) is 15.7 Å². The third kappa shape index (κ3) is 4.20. The van der Waals surface area contributed by atoms with Crippen molar-refractivity contribution in [2.45, 2.75) is 11.9 Å². The first-order chi connectivity index (χ1) is 8.00. The average Bonchev–Trinajstić information content (AvgIpc) is 2.08. The Morgan fingerprint density at radius 1 is 1.06 bits per heavy atom. The lowest BCUT2D eigenvalue weighted by molar-refractivity contribution is -0.697. The fourth-order valence-corrected chi connectivity index (χ4v) is 3.63. The van der Waals surface area contributed by atoms with E-state index < -0.39 is 38.8 Å². The van der Waals surface area contributed by atoms with Crippen molar-refractivity contribution >= 4 is 15.2 Å². The Bertz CT molecular complexity index is 498. The van der Waals surface area contributed by atoms with Crippen molar-refractivity contribution in [3.05, 3.63) is 30.1 Å². The third-order valence-corrected chi connectivity index (χ3v) is 5.69. The molecule has 1 aromatic heterocycles. The number of rotatable bonds is 4. The van der Waals surface area contributed by atoms with Crippen molar-refractivity contribution < 1.29 is 42.1 Å². The zero-order valence-electron chi connectivity index (χ0n) is 8.72. The summed E-state index contributed by atoms with van der Waals surface area (Å²) in [4.78, 5) is 35.3. The number of pyridine rings is 1. The molecular weight excluding hydrogens is 294 g/mol. The monoisotopic (exact) mass is 304 g/mol. The van der Waals surface area contributed by atoms with E-state index in [2.05, 4.69) is 0 Å². The van der Waals surface area contributed by atoms with Gasteiger partial charge in [0.15, 0.2) is 18.2 Å². The molecule has 0 saturated heterocycles. The molecule has 7 nitrogen and oxygen atoms in total. The zero-order chi connectivity index (χ0) is 14.1. The Balaban J connectivity index is 3.12. The van der Waals surface area contributed by atoms with E-state index in [9.17, 15) is 17.9 Å². The predicted octanol–water partition coefficient (Wildman–Crippen LogP) is -0.0662. The standard InChI is InChI=1S/C7H9F2NO6P2/c8-5-1-6(9)3-10(2-5)4-7(17(11,12)13)18(14,15)16/h1-3,7H,4H2,(H3-,11,12,13,14,15,16)/p+1. The van der Waals surface area contributed by atoms with Gasteiger partial charge in [0.1, 0.15) is 0 Å². The molecule has 1 heterocycles. The van der Waals surface area contributed by atoms with Crippen LogP contribution in [0.25, 0.3) is 0 Å². The van der Waals surface area contributed by atoms with Gasteiger partial charge in [-0.3, -0.25) is 9.13 Å². The lowest BCUT2D eigenvalue weighted by atomic mass is 10.4. The first kappa shape index (κ1) is 15.4. The Hall–Kier alpha value is -0.690. The molecule has 0 spiro atoms. The van der Waals surface area contributed by atoms with Crippen molar-refractivity contribution in [1.29, 1.82) is 0 Å². The first-order valence-electron chi connectivity index (χ1n) is 4.46. The lowest BCUT2D eigenvalue weighted by Gasteiger charge is -2.16. The fraction of sp³-hybridized carbons (Fsp3) is 0.286. The van der Waals surface area contributed by atoms with Crippen molar-refractivity contribution in [3.8, 4) is 0 Å². The van der Waals surface area contributed by atoms with E-state index in [-0.39, 0.29) is 0 Å². The highest BCUT2D eigenvalue weighted by Gasteiger charge is 2.46. The Morgan fingerprint density at radius 2 is 1.44 bits per heavy atom. The van der Waals surface area contributed by atoms with Gasteiger partial charge in [-0.15, -0.1) is 0 Å². The summed E-state index contributed by atoms with van der Waals surface area (Å²) in [6.07, 6.45) is 1.34. The van der Waals surface area contributed by atoms with Crippen LogP contribution in [0.1, 0.15) is 0 Å². The molecule has 11 heteroatoms. The molecule has 0 aromatic carbocycles. The molecule has 102 valence electrons. The van der Waals surface area contributed by atoms with Gasteiger partial charge in [0.25, 0.3) is 0 Å². The molecule has 0 aliphatic heterocycles. The maximum atomic E-state index is 12.8. The van der Waals surface area contributed by atoms with Crippen LogP contribution in [0.3, 0.4) is 0 Å². The predicted molar refractivity (Wildman–Crippen MR) is 54.4 cm³/mol. The lowest BCUT2D eigenvalue weighted by Crippen LogP contribution is -2.40. The minimum Gasteiger partial charge on any atom is -0.324 e. The minimum atomic E-state index is -5.12. The molecule has 0 radical (unpaired) electrons. The van der Waals surface area contributed by atoms with Crippen molar-refractivity contribution in [3.63, 3.8) is 0 Å². The van der Waals surface area contributed by atoms with Crippen LogP contribution in [0.15, 0.2) is 18.5 Å². The molecule has 0 saturated carbocycles. The van der Waals surface area contributed by atoms with E-state index in [4.69, 9.17) is 19.6 Å². The van der Waals surface area contributed by atoms with E-state index in [0.717, 1.165) is 0 Å². The summed E-state index contributed by atoms with van der Waals surface area (Å²) in [6.45, 7) is -0.913. The molecule has 1 aromatic rings. The molecule has 0 aliphatic rings. The van der Waals surface area contributed by atoms with Crippen LogP contribution in [-0.4, -0.2) is 25.0 Å². The van der Waals surface area contributed by atoms with Gasteiger partial charge in [-0.05, 0) is 0 Å². The summed E-state index contributed by atoms with van der Waals surface area (Å²) in [5, 5.41) is -2.35. The van der Waals surface area contributed by atoms with Crippen molar-refractivity contribution in [2.75, 3.05) is 0 Å². The van der Waals surface area contributed by atoms with Gasteiger partial charge in [-0.25, -0.2) is 8.78 Å². The fourth-order valence-electron chi connectivity index (χ4n) is 1.26. The summed E-state index contributed by atoms with van der Waals surface area (Å²) in [5.41, 5.74) is 0. The van der Waals surface area contributed by atoms with E-state index >= 15 is 0 Å². The Kier molecular flexibility index (Phi) is 4.38. The number of hydrogen-bond donors (Lipinski definition) is 4. The quantitative estimate of drug-likeness (QED) is 0.457. The van der Waals surface area contributed by atoms with Crippen LogP contribution in [0.5, 0.6) is 0 Å². The van der Waals surface area contributed by atoms with Gasteiger partial charge in [0.2, 0.25) is 17.8 Å². The number of halogens is 2. The minimum absolute atomic E-state index is 0.514. The average molecular weight is 304 g/mol. The summed E-state index contributed by atoms with van der Waals surface area (Å²) in [5.74, 6) is -2.07. The van der Waals surface area contributed by atoms with Crippen molar-refractivity contribution in [1.82, 2.24) is 0 Å². The highest BCUT2D eigenvalue weighted by molar-refractivity contribution is 7.70. The second-order valence-corrected chi connectivity index (χ2v) is 7.54. The van der Waals surface area contributed by atoms with Crippen LogP contribution in [0, 0.1) is 11.6 Å². The molecule has 18 heavy (non-hydrogen) atoms. The van der Waals surface area contributed by atoms with E-state index in [1.54, 1.807) is 0 Å². The second-order valence-electron chi connectivity index (χ2n) is 3.53. The summed E-state index contributed by atoms with van der Waals surface area (Å²) in [6, 6.07) is 0.514. The van der Waals surface area contributed by atoms with Crippen LogP contribution in [0.4, 0.5) is 8.78 Å². The molecule has 1 rings (SSSR count). The van der Waals surface area contributed by atoms with Gasteiger partial charge in [0, 0.05) is 6.07 Å². The Labute approximate surface area is 100 Å². The highest BCUT2D eigenvalue weighted by atomic mass is 31.2. The summed E-state index contributed by atoms with van der Waals surface area (Å²) < 4.78 is 48.2. The first-order valence-corrected chi connectivity index (χ1v) is 7.82. The number of hydrogen-bond acceptors (Lipinski definition) is 2. The number of aromatic nitrogens is 1. The zero-order valence-corrected chi connectivity index (χ0v) is 10.5. The molecular formula is C7H10F2NO6P2+. The van der Waals surface area contributed by atoms with Crippen LogP contribution >= 0.6 is 15.2 Å². The van der Waals surface area contributed by atoms with E-state index in [1.165, 1.54) is 0 Å². The molecule has 0 amide bonds. The maximum Gasteiger partial charge on any atom is 0.347 e. The maximum absolute atomic E-state index is 12.8. The molecule has 0 aliphatic carbocycles. The van der Waals surface area contributed by atoms with Crippen molar-refractivity contribution in [2.24, 2.45) is 0 Å². The van der Waals surface area contributed by atoms with Crippen LogP contribution < -0.4 is 4.57 Å². The molecule has 0 unspecified atom stereocenters.